The number of hydrogen-bond donors (Lipinski definition) is 2. The Hall–Kier alpha value is -1.14. The quantitative estimate of drug-likeness (QED) is 0.768. The van der Waals surface area contributed by atoms with Gasteiger partial charge >= 0.3 is 5.97 Å². The molecule has 1 atom stereocenters. The van der Waals surface area contributed by atoms with E-state index in [9.17, 15) is 14.7 Å². The highest BCUT2D eigenvalue weighted by Gasteiger charge is 2.40. The average molecular weight is 300 g/mol. The Balaban J connectivity index is 2.73. The van der Waals surface area contributed by atoms with Crippen LogP contribution in [0.25, 0.3) is 0 Å². The molecule has 0 aliphatic carbocycles. The van der Waals surface area contributed by atoms with E-state index in [2.05, 4.69) is 10.2 Å². The monoisotopic (exact) mass is 300 g/mol. The molecule has 6 heteroatoms. The first-order valence-corrected chi connectivity index (χ1v) is 7.57. The van der Waals surface area contributed by atoms with Crippen molar-refractivity contribution in [2.75, 3.05) is 32.8 Å². The first-order chi connectivity index (χ1) is 9.71. The minimum atomic E-state index is -1.19. The van der Waals surface area contributed by atoms with Crippen LogP contribution >= 0.6 is 0 Å². The lowest BCUT2D eigenvalue weighted by molar-refractivity contribution is -0.150. The maximum absolute atomic E-state index is 12.2. The van der Waals surface area contributed by atoms with Gasteiger partial charge in [-0.25, -0.2) is 4.79 Å². The van der Waals surface area contributed by atoms with E-state index in [4.69, 9.17) is 4.74 Å². The number of carboxylic acid groups (broad SMARTS) is 1. The molecule has 1 rings (SSSR count). The van der Waals surface area contributed by atoms with Gasteiger partial charge in [-0.15, -0.1) is 0 Å². The molecule has 2 N–H and O–H groups in total. The summed E-state index contributed by atoms with van der Waals surface area (Å²) in [4.78, 5) is 26.1. The first-order valence-electron chi connectivity index (χ1n) is 7.57. The van der Waals surface area contributed by atoms with Crippen molar-refractivity contribution in [1.29, 1.82) is 0 Å². The molecule has 0 spiro atoms. The number of morpholine rings is 1. The lowest BCUT2D eigenvalue weighted by Gasteiger charge is -2.35. The van der Waals surface area contributed by atoms with Crippen LogP contribution < -0.4 is 5.32 Å². The third-order valence-corrected chi connectivity index (χ3v) is 4.01. The normalized spacial score (nSPS) is 19.8. The number of carbonyl (C=O) groups excluding carboxylic acids is 1. The second-order valence-corrected chi connectivity index (χ2v) is 6.65. The van der Waals surface area contributed by atoms with Gasteiger partial charge in [0.15, 0.2) is 0 Å². The van der Waals surface area contributed by atoms with Crippen molar-refractivity contribution in [3.63, 3.8) is 0 Å². The number of rotatable bonds is 6. The van der Waals surface area contributed by atoms with Crippen molar-refractivity contribution in [1.82, 2.24) is 10.2 Å². The topological polar surface area (TPSA) is 78.9 Å². The molecule has 1 amide bonds. The molecule has 0 bridgehead atoms. The molecule has 1 aliphatic heterocycles. The second-order valence-electron chi connectivity index (χ2n) is 6.65. The number of carboxylic acids is 1. The molecule has 0 radical (unpaired) electrons. The fourth-order valence-corrected chi connectivity index (χ4v) is 2.22. The number of nitrogens with one attached hydrogen (secondary N) is 1. The zero-order valence-electron chi connectivity index (χ0n) is 13.6. The van der Waals surface area contributed by atoms with Crippen LogP contribution in [0.5, 0.6) is 0 Å². The second kappa shape index (κ2) is 7.22. The highest BCUT2D eigenvalue weighted by Crippen LogP contribution is 2.21. The highest BCUT2D eigenvalue weighted by molar-refractivity contribution is 5.89. The lowest BCUT2D eigenvalue weighted by atomic mass is 9.88. The molecule has 0 aromatic heterocycles. The summed E-state index contributed by atoms with van der Waals surface area (Å²) in [5.74, 6) is -1.19. The van der Waals surface area contributed by atoms with Crippen LogP contribution in [-0.2, 0) is 14.3 Å². The van der Waals surface area contributed by atoms with Gasteiger partial charge in [0.05, 0.1) is 13.2 Å². The molecule has 1 fully saturated rings. The molecular formula is C15H28N2O4. The summed E-state index contributed by atoms with van der Waals surface area (Å²) in [7, 11) is 0. The Kier molecular flexibility index (Phi) is 6.16. The zero-order valence-corrected chi connectivity index (χ0v) is 13.6. The lowest BCUT2D eigenvalue weighted by Crippen LogP contribution is -2.58. The molecule has 1 saturated heterocycles. The van der Waals surface area contributed by atoms with Crippen molar-refractivity contribution in [2.45, 2.75) is 46.1 Å². The number of ether oxygens (including phenoxy) is 1. The van der Waals surface area contributed by atoms with E-state index in [1.54, 1.807) is 27.7 Å². The summed E-state index contributed by atoms with van der Waals surface area (Å²) in [5, 5.41) is 12.4. The molecule has 0 aromatic rings. The Morgan fingerprint density at radius 3 is 2.24 bits per heavy atom. The van der Waals surface area contributed by atoms with Crippen LogP contribution in [0.3, 0.4) is 0 Å². The molecule has 6 nitrogen and oxygen atoms in total. The maximum Gasteiger partial charge on any atom is 0.329 e. The zero-order chi connectivity index (χ0) is 16.1. The minimum absolute atomic E-state index is 0.228. The summed E-state index contributed by atoms with van der Waals surface area (Å²) in [6.07, 6.45) is 0.773. The Morgan fingerprint density at radius 2 is 1.81 bits per heavy atom. The Bertz CT molecular complexity index is 372. The summed E-state index contributed by atoms with van der Waals surface area (Å²) in [6.45, 7) is 10.8. The standard InChI is InChI=1S/C15H28N2O4/c1-5-15(13(19)20,16-12(18)14(2,3)4)6-7-17-8-10-21-11-9-17/h5-11H2,1-4H3,(H,16,18)(H,19,20)/t15-/m0/s1. The SMILES string of the molecule is CC[C@@](CCN1CCOCC1)(NC(=O)C(C)(C)C)C(=O)O. The average Bonchev–Trinajstić information content (AvgIpc) is 2.43. The van der Waals surface area contributed by atoms with E-state index < -0.39 is 16.9 Å². The Morgan fingerprint density at radius 1 is 1.24 bits per heavy atom. The third kappa shape index (κ3) is 4.97. The fraction of sp³-hybridized carbons (Fsp3) is 0.867. The van der Waals surface area contributed by atoms with Crippen LogP contribution in [0, 0.1) is 5.41 Å². The number of carbonyl (C=O) groups is 2. The number of hydrogen-bond acceptors (Lipinski definition) is 4. The first kappa shape index (κ1) is 17.9. The van der Waals surface area contributed by atoms with Crippen LogP contribution in [0.2, 0.25) is 0 Å². The number of amides is 1. The number of nitrogens with zero attached hydrogens (tertiary/aromatic N) is 1. The smallest absolute Gasteiger partial charge is 0.329 e. The van der Waals surface area contributed by atoms with Crippen LogP contribution in [0.1, 0.15) is 40.5 Å². The van der Waals surface area contributed by atoms with Gasteiger partial charge in [0, 0.05) is 25.0 Å². The van der Waals surface area contributed by atoms with E-state index in [0.29, 0.717) is 32.6 Å². The third-order valence-electron chi connectivity index (χ3n) is 4.01. The van der Waals surface area contributed by atoms with Gasteiger partial charge in [-0.2, -0.15) is 0 Å². The van der Waals surface area contributed by atoms with Crippen molar-refractivity contribution < 1.29 is 19.4 Å². The molecule has 0 unspecified atom stereocenters. The van der Waals surface area contributed by atoms with E-state index in [0.717, 1.165) is 13.1 Å². The molecule has 0 aromatic carbocycles. The van der Waals surface area contributed by atoms with Crippen molar-refractivity contribution >= 4 is 11.9 Å². The van der Waals surface area contributed by atoms with Gasteiger partial charge in [-0.1, -0.05) is 27.7 Å². The van der Waals surface area contributed by atoms with Gasteiger partial charge in [0.2, 0.25) is 5.91 Å². The van der Waals surface area contributed by atoms with Crippen molar-refractivity contribution in [3.05, 3.63) is 0 Å². The van der Waals surface area contributed by atoms with Crippen molar-refractivity contribution in [3.8, 4) is 0 Å². The summed E-state index contributed by atoms with van der Waals surface area (Å²) >= 11 is 0. The fourth-order valence-electron chi connectivity index (χ4n) is 2.22. The Labute approximate surface area is 126 Å². The summed E-state index contributed by atoms with van der Waals surface area (Å²) < 4.78 is 5.29. The van der Waals surface area contributed by atoms with Gasteiger partial charge in [-0.3, -0.25) is 9.69 Å². The molecule has 1 aliphatic rings. The van der Waals surface area contributed by atoms with Gasteiger partial charge in [0.1, 0.15) is 5.54 Å². The molecule has 0 saturated carbocycles. The van der Waals surface area contributed by atoms with Gasteiger partial charge in [0.25, 0.3) is 0 Å². The van der Waals surface area contributed by atoms with Gasteiger partial charge < -0.3 is 15.2 Å². The molecular weight excluding hydrogens is 272 g/mol. The van der Waals surface area contributed by atoms with Crippen LogP contribution in [-0.4, -0.2) is 60.3 Å². The van der Waals surface area contributed by atoms with Crippen LogP contribution in [0.4, 0.5) is 0 Å². The van der Waals surface area contributed by atoms with E-state index in [1.165, 1.54) is 0 Å². The van der Waals surface area contributed by atoms with E-state index >= 15 is 0 Å². The molecule has 122 valence electrons. The minimum Gasteiger partial charge on any atom is -0.480 e. The predicted molar refractivity (Wildman–Crippen MR) is 80.1 cm³/mol. The summed E-state index contributed by atoms with van der Waals surface area (Å²) in [6, 6.07) is 0. The largest absolute Gasteiger partial charge is 0.480 e. The summed E-state index contributed by atoms with van der Waals surface area (Å²) in [5.41, 5.74) is -1.79. The van der Waals surface area contributed by atoms with Crippen molar-refractivity contribution in [2.24, 2.45) is 5.41 Å². The van der Waals surface area contributed by atoms with E-state index in [1.807, 2.05) is 0 Å². The highest BCUT2D eigenvalue weighted by atomic mass is 16.5. The van der Waals surface area contributed by atoms with Gasteiger partial charge in [-0.05, 0) is 12.8 Å². The number of aliphatic carboxylic acids is 1. The van der Waals surface area contributed by atoms with Crippen LogP contribution in [0.15, 0.2) is 0 Å². The van der Waals surface area contributed by atoms with E-state index in [-0.39, 0.29) is 5.91 Å². The maximum atomic E-state index is 12.2. The predicted octanol–water partition coefficient (Wildman–Crippen LogP) is 1.10. The molecule has 1 heterocycles. The molecule has 21 heavy (non-hydrogen) atoms.